The Hall–Kier alpha value is -2.94. The maximum atomic E-state index is 10.5. The van der Waals surface area contributed by atoms with Crippen molar-refractivity contribution >= 4 is 5.69 Å². The molecular weight excluding hydrogens is 422 g/mol. The Morgan fingerprint density at radius 2 is 1.82 bits per heavy atom. The van der Waals surface area contributed by atoms with Crippen LogP contribution in [0.25, 0.3) is 0 Å². The highest BCUT2D eigenvalue weighted by Gasteiger charge is 2.30. The predicted octanol–water partition coefficient (Wildman–Crippen LogP) is 2.00. The lowest BCUT2D eigenvalue weighted by molar-refractivity contribution is 0.133. The number of fused-ring (bicyclic) bond motifs is 1. The van der Waals surface area contributed by atoms with Gasteiger partial charge in [-0.3, -0.25) is 0 Å². The SMILES string of the molecule is COc1ccc2c3c1OC(C3)C[C@@H](O)/C=C/CN(c1cc(OCCN)cc(OCCN)c1)C2. The van der Waals surface area contributed by atoms with Gasteiger partial charge in [-0.25, -0.2) is 0 Å². The Morgan fingerprint density at radius 1 is 1.09 bits per heavy atom. The molecule has 0 fully saturated rings. The molecule has 2 aromatic carbocycles. The molecule has 8 nitrogen and oxygen atoms in total. The van der Waals surface area contributed by atoms with Crippen LogP contribution in [-0.4, -0.2) is 57.3 Å². The van der Waals surface area contributed by atoms with Gasteiger partial charge >= 0.3 is 0 Å². The number of methoxy groups -OCH3 is 1. The number of aliphatic hydroxyl groups excluding tert-OH is 1. The van der Waals surface area contributed by atoms with Gasteiger partial charge in [-0.15, -0.1) is 0 Å². The van der Waals surface area contributed by atoms with Crippen molar-refractivity contribution < 1.29 is 24.1 Å². The van der Waals surface area contributed by atoms with Crippen molar-refractivity contribution in [2.45, 2.75) is 31.6 Å². The van der Waals surface area contributed by atoms with E-state index in [0.29, 0.717) is 57.3 Å². The first-order valence-corrected chi connectivity index (χ1v) is 11.4. The van der Waals surface area contributed by atoms with E-state index in [-0.39, 0.29) is 6.10 Å². The molecule has 5 N–H and O–H groups in total. The smallest absolute Gasteiger partial charge is 0.165 e. The number of aliphatic hydroxyl groups is 1. The molecule has 0 saturated carbocycles. The lowest BCUT2D eigenvalue weighted by Crippen LogP contribution is -2.24. The summed E-state index contributed by atoms with van der Waals surface area (Å²) in [5.41, 5.74) is 14.5. The molecule has 0 spiro atoms. The normalized spacial score (nSPS) is 20.5. The molecule has 0 radical (unpaired) electrons. The number of benzene rings is 2. The number of ether oxygens (including phenoxy) is 4. The van der Waals surface area contributed by atoms with E-state index in [1.807, 2.05) is 36.4 Å². The maximum absolute atomic E-state index is 10.5. The third-order valence-electron chi connectivity index (χ3n) is 5.81. The third kappa shape index (κ3) is 5.52. The van der Waals surface area contributed by atoms with Gasteiger partial charge in [0.05, 0.1) is 13.2 Å². The van der Waals surface area contributed by atoms with E-state index in [0.717, 1.165) is 34.7 Å². The minimum atomic E-state index is -0.582. The van der Waals surface area contributed by atoms with E-state index >= 15 is 0 Å². The Bertz CT molecular complexity index is 955. The molecule has 2 bridgehead atoms. The van der Waals surface area contributed by atoms with E-state index in [4.69, 9.17) is 30.4 Å². The highest BCUT2D eigenvalue weighted by Crippen LogP contribution is 2.42. The van der Waals surface area contributed by atoms with Gasteiger partial charge in [0.2, 0.25) is 0 Å². The van der Waals surface area contributed by atoms with Crippen LogP contribution in [-0.2, 0) is 13.0 Å². The van der Waals surface area contributed by atoms with Gasteiger partial charge < -0.3 is 40.4 Å². The second-order valence-corrected chi connectivity index (χ2v) is 8.23. The molecule has 0 aliphatic carbocycles. The summed E-state index contributed by atoms with van der Waals surface area (Å²) >= 11 is 0. The van der Waals surface area contributed by atoms with Crippen LogP contribution in [0.2, 0.25) is 0 Å². The number of nitrogens with zero attached hydrogens (tertiary/aromatic N) is 1. The topological polar surface area (TPSA) is 112 Å². The standard InChI is InChI=1S/C25H33N3O5/c1-30-24-5-4-17-16-28(8-2-3-19(29)13-22-15-23(17)25(24)33-22)18-11-20(31-9-6-26)14-21(12-18)32-10-7-27/h2-5,11-12,14,19,22,29H,6-10,13,15-16,26-27H2,1H3/b3-2+/t19-,22?/m0/s1. The van der Waals surface area contributed by atoms with Crippen LogP contribution in [0.15, 0.2) is 42.5 Å². The fourth-order valence-electron chi connectivity index (χ4n) is 4.30. The Kier molecular flexibility index (Phi) is 7.59. The summed E-state index contributed by atoms with van der Waals surface area (Å²) in [5, 5.41) is 10.5. The average Bonchev–Trinajstić information content (AvgIpc) is 3.23. The zero-order valence-electron chi connectivity index (χ0n) is 19.0. The lowest BCUT2D eigenvalue weighted by Gasteiger charge is -2.26. The molecule has 2 aliphatic rings. The van der Waals surface area contributed by atoms with Crippen LogP contribution in [0.4, 0.5) is 5.69 Å². The molecule has 2 aromatic rings. The van der Waals surface area contributed by atoms with Crippen molar-refractivity contribution in [3.63, 3.8) is 0 Å². The molecule has 178 valence electrons. The van der Waals surface area contributed by atoms with Gasteiger partial charge in [0.1, 0.15) is 30.8 Å². The highest BCUT2D eigenvalue weighted by molar-refractivity contribution is 5.59. The number of rotatable bonds is 8. The number of nitrogens with two attached hydrogens (primary N) is 2. The van der Waals surface area contributed by atoms with Crippen LogP contribution >= 0.6 is 0 Å². The summed E-state index contributed by atoms with van der Waals surface area (Å²) in [6.07, 6.45) is 4.44. The third-order valence-corrected chi connectivity index (χ3v) is 5.81. The van der Waals surface area contributed by atoms with Crippen molar-refractivity contribution in [3.8, 4) is 23.0 Å². The monoisotopic (exact) mass is 455 g/mol. The Labute approximate surface area is 194 Å². The van der Waals surface area contributed by atoms with Crippen molar-refractivity contribution in [1.29, 1.82) is 0 Å². The van der Waals surface area contributed by atoms with Gasteiger partial charge in [-0.2, -0.15) is 0 Å². The molecule has 2 atom stereocenters. The van der Waals surface area contributed by atoms with Crippen LogP contribution in [0.1, 0.15) is 17.5 Å². The molecule has 0 aromatic heterocycles. The Morgan fingerprint density at radius 3 is 2.48 bits per heavy atom. The second-order valence-electron chi connectivity index (χ2n) is 8.23. The summed E-state index contributed by atoms with van der Waals surface area (Å²) in [5.74, 6) is 2.88. The molecule has 0 amide bonds. The molecular formula is C25H33N3O5. The molecule has 0 saturated heterocycles. The van der Waals surface area contributed by atoms with E-state index in [1.165, 1.54) is 0 Å². The van der Waals surface area contributed by atoms with Gasteiger partial charge in [-0.1, -0.05) is 18.2 Å². The molecule has 1 unspecified atom stereocenters. The van der Waals surface area contributed by atoms with Crippen LogP contribution < -0.4 is 35.3 Å². The first kappa shape index (κ1) is 23.2. The highest BCUT2D eigenvalue weighted by atomic mass is 16.5. The number of anilines is 1. The summed E-state index contributed by atoms with van der Waals surface area (Å²) in [6.45, 7) is 2.94. The average molecular weight is 456 g/mol. The lowest BCUT2D eigenvalue weighted by atomic mass is 9.99. The second kappa shape index (κ2) is 10.8. The first-order chi connectivity index (χ1) is 16.1. The van der Waals surface area contributed by atoms with Crippen LogP contribution in [0.3, 0.4) is 0 Å². The molecule has 8 heteroatoms. The summed E-state index contributed by atoms with van der Waals surface area (Å²) in [7, 11) is 1.65. The van der Waals surface area contributed by atoms with Gasteiger partial charge in [-0.05, 0) is 11.6 Å². The van der Waals surface area contributed by atoms with E-state index < -0.39 is 6.10 Å². The fourth-order valence-corrected chi connectivity index (χ4v) is 4.30. The Balaban J connectivity index is 1.72. The molecule has 4 rings (SSSR count). The summed E-state index contributed by atoms with van der Waals surface area (Å²) < 4.78 is 23.3. The van der Waals surface area contributed by atoms with Crippen LogP contribution in [0, 0.1) is 0 Å². The quantitative estimate of drug-likeness (QED) is 0.518. The first-order valence-electron chi connectivity index (χ1n) is 11.4. The molecule has 2 heterocycles. The zero-order chi connectivity index (χ0) is 23.2. The largest absolute Gasteiger partial charge is 0.493 e. The molecule has 33 heavy (non-hydrogen) atoms. The van der Waals surface area contributed by atoms with E-state index in [9.17, 15) is 5.11 Å². The van der Waals surface area contributed by atoms with Crippen molar-refractivity contribution in [1.82, 2.24) is 0 Å². The fraction of sp³-hybridized carbons (Fsp3) is 0.440. The van der Waals surface area contributed by atoms with Crippen molar-refractivity contribution in [2.75, 3.05) is 44.9 Å². The van der Waals surface area contributed by atoms with Gasteiger partial charge in [0, 0.05) is 68.5 Å². The zero-order valence-corrected chi connectivity index (χ0v) is 19.0. The maximum Gasteiger partial charge on any atom is 0.165 e. The number of hydrogen-bond acceptors (Lipinski definition) is 8. The minimum Gasteiger partial charge on any atom is -0.493 e. The summed E-state index contributed by atoms with van der Waals surface area (Å²) in [6, 6.07) is 9.86. The van der Waals surface area contributed by atoms with Crippen LogP contribution in [0.5, 0.6) is 23.0 Å². The van der Waals surface area contributed by atoms with Crippen molar-refractivity contribution in [3.05, 3.63) is 53.6 Å². The minimum absolute atomic E-state index is 0.0782. The molecule has 2 aliphatic heterocycles. The van der Waals surface area contributed by atoms with Gasteiger partial charge in [0.25, 0.3) is 0 Å². The van der Waals surface area contributed by atoms with E-state index in [1.54, 1.807) is 7.11 Å². The van der Waals surface area contributed by atoms with Gasteiger partial charge in [0.15, 0.2) is 11.5 Å². The predicted molar refractivity (Wildman–Crippen MR) is 127 cm³/mol. The summed E-state index contributed by atoms with van der Waals surface area (Å²) in [4.78, 5) is 2.22. The van der Waals surface area contributed by atoms with Crippen molar-refractivity contribution in [2.24, 2.45) is 11.5 Å². The van der Waals surface area contributed by atoms with E-state index in [2.05, 4.69) is 11.0 Å². The number of hydrogen-bond donors (Lipinski definition) is 3.